The lowest BCUT2D eigenvalue weighted by atomic mass is 9.97. The van der Waals surface area contributed by atoms with E-state index in [4.69, 9.17) is 5.84 Å². The molecule has 21 heavy (non-hydrogen) atoms. The first-order valence-electron chi connectivity index (χ1n) is 6.23. The van der Waals surface area contributed by atoms with Gasteiger partial charge in [0.1, 0.15) is 0 Å². The van der Waals surface area contributed by atoms with E-state index in [2.05, 4.69) is 28.0 Å². The summed E-state index contributed by atoms with van der Waals surface area (Å²) in [6, 6.07) is 10.5. The summed E-state index contributed by atoms with van der Waals surface area (Å²) in [6.45, 7) is 1.98. The highest BCUT2D eigenvalue weighted by molar-refractivity contribution is 14.1. The van der Waals surface area contributed by atoms with Gasteiger partial charge in [-0.15, -0.1) is 0 Å². The molecule has 1 unspecified atom stereocenters. The zero-order chi connectivity index (χ0) is 15.6. The smallest absolute Gasteiger partial charge is 0.271 e. The van der Waals surface area contributed by atoms with E-state index in [9.17, 15) is 13.2 Å². The van der Waals surface area contributed by atoms with Crippen LogP contribution in [-0.2, 0) is 6.18 Å². The van der Waals surface area contributed by atoms with Crippen molar-refractivity contribution in [2.24, 2.45) is 5.84 Å². The highest BCUT2D eigenvalue weighted by Crippen LogP contribution is 2.32. The van der Waals surface area contributed by atoms with Gasteiger partial charge in [-0.1, -0.05) is 30.3 Å². The van der Waals surface area contributed by atoms with Crippen molar-refractivity contribution < 1.29 is 13.2 Å². The Morgan fingerprint density at radius 2 is 1.71 bits per heavy atom. The van der Waals surface area contributed by atoms with Gasteiger partial charge in [0.05, 0.1) is 11.6 Å². The van der Waals surface area contributed by atoms with Crippen LogP contribution in [0, 0.1) is 10.5 Å². The van der Waals surface area contributed by atoms with Crippen LogP contribution in [-0.4, -0.2) is 0 Å². The van der Waals surface area contributed by atoms with Crippen LogP contribution in [0.4, 0.5) is 13.2 Å². The lowest BCUT2D eigenvalue weighted by Gasteiger charge is -2.20. The Labute approximate surface area is 134 Å². The Balaban J connectivity index is 2.40. The molecule has 112 valence electrons. The summed E-state index contributed by atoms with van der Waals surface area (Å²) in [5.41, 5.74) is 4.74. The summed E-state index contributed by atoms with van der Waals surface area (Å²) in [5.74, 6) is 5.60. The third-order valence-electron chi connectivity index (χ3n) is 3.27. The number of nitrogens with one attached hydrogen (secondary N) is 1. The topological polar surface area (TPSA) is 38.0 Å². The third-order valence-corrected chi connectivity index (χ3v) is 4.74. The number of hydrazine groups is 1. The standard InChI is InChI=1S/C15H14F3IN2/c1-9-3-2-4-12(13(9)19)14(21-20)10-5-7-11(8-6-10)15(16,17)18/h2-8,14,21H,20H2,1H3. The Hall–Kier alpha value is -1.12. The molecule has 0 saturated heterocycles. The average Bonchev–Trinajstić information content (AvgIpc) is 2.44. The van der Waals surface area contributed by atoms with Crippen LogP contribution >= 0.6 is 22.6 Å². The van der Waals surface area contributed by atoms with Crippen molar-refractivity contribution in [2.75, 3.05) is 0 Å². The fraction of sp³-hybridized carbons (Fsp3) is 0.200. The molecule has 0 aliphatic heterocycles. The van der Waals surface area contributed by atoms with Gasteiger partial charge < -0.3 is 0 Å². The van der Waals surface area contributed by atoms with E-state index in [-0.39, 0.29) is 6.04 Å². The van der Waals surface area contributed by atoms with Gasteiger partial charge >= 0.3 is 6.18 Å². The Bertz CT molecular complexity index is 624. The minimum atomic E-state index is -4.33. The van der Waals surface area contributed by atoms with Crippen LogP contribution in [0.3, 0.4) is 0 Å². The zero-order valence-electron chi connectivity index (χ0n) is 11.2. The molecule has 0 fully saturated rings. The van der Waals surface area contributed by atoms with Crippen LogP contribution < -0.4 is 11.3 Å². The monoisotopic (exact) mass is 406 g/mol. The number of benzene rings is 2. The minimum absolute atomic E-state index is 0.348. The van der Waals surface area contributed by atoms with E-state index in [1.54, 1.807) is 0 Å². The Morgan fingerprint density at radius 1 is 1.10 bits per heavy atom. The predicted molar refractivity (Wildman–Crippen MR) is 84.5 cm³/mol. The summed E-state index contributed by atoms with van der Waals surface area (Å²) in [7, 11) is 0. The van der Waals surface area contributed by atoms with Gasteiger partial charge in [0.2, 0.25) is 0 Å². The molecule has 2 rings (SSSR count). The van der Waals surface area contributed by atoms with E-state index < -0.39 is 11.7 Å². The minimum Gasteiger partial charge on any atom is -0.271 e. The molecule has 0 aliphatic carbocycles. The molecule has 0 spiro atoms. The molecule has 1 atom stereocenters. The van der Waals surface area contributed by atoms with E-state index >= 15 is 0 Å². The summed E-state index contributed by atoms with van der Waals surface area (Å²) in [5, 5.41) is 0. The van der Waals surface area contributed by atoms with E-state index in [1.807, 2.05) is 25.1 Å². The largest absolute Gasteiger partial charge is 0.416 e. The predicted octanol–water partition coefficient (Wildman–Crippen LogP) is 4.17. The fourth-order valence-electron chi connectivity index (χ4n) is 2.12. The van der Waals surface area contributed by atoms with E-state index in [0.717, 1.165) is 26.8 Å². The number of nitrogens with two attached hydrogens (primary N) is 1. The molecule has 0 heterocycles. The maximum absolute atomic E-state index is 12.6. The fourth-order valence-corrected chi connectivity index (χ4v) is 2.79. The normalized spacial score (nSPS) is 13.2. The molecule has 3 N–H and O–H groups in total. The highest BCUT2D eigenvalue weighted by atomic mass is 127. The summed E-state index contributed by atoms with van der Waals surface area (Å²) in [6.07, 6.45) is -4.33. The molecule has 6 heteroatoms. The molecular formula is C15H14F3IN2. The first kappa shape index (κ1) is 16.3. The molecular weight excluding hydrogens is 392 g/mol. The first-order chi connectivity index (χ1) is 9.84. The number of halogens is 4. The molecule has 2 nitrogen and oxygen atoms in total. The molecule has 0 aliphatic rings. The van der Waals surface area contributed by atoms with Gasteiger partial charge in [-0.05, 0) is 58.3 Å². The second kappa shape index (κ2) is 6.33. The Kier molecular flexibility index (Phi) is 4.90. The number of hydrogen-bond donors (Lipinski definition) is 2. The van der Waals surface area contributed by atoms with Crippen LogP contribution in [0.1, 0.15) is 28.3 Å². The zero-order valence-corrected chi connectivity index (χ0v) is 13.4. The number of aryl methyl sites for hydroxylation is 1. The second-order valence-corrected chi connectivity index (χ2v) is 5.78. The maximum atomic E-state index is 12.6. The SMILES string of the molecule is Cc1cccc(C(NN)c2ccc(C(F)(F)F)cc2)c1I. The molecule has 0 amide bonds. The van der Waals surface area contributed by atoms with Crippen LogP contribution in [0.25, 0.3) is 0 Å². The molecule has 2 aromatic carbocycles. The molecule has 0 aromatic heterocycles. The second-order valence-electron chi connectivity index (χ2n) is 4.70. The van der Waals surface area contributed by atoms with Crippen molar-refractivity contribution in [1.29, 1.82) is 0 Å². The van der Waals surface area contributed by atoms with E-state index in [1.165, 1.54) is 12.1 Å². The van der Waals surface area contributed by atoms with Gasteiger partial charge in [0.25, 0.3) is 0 Å². The summed E-state index contributed by atoms with van der Waals surface area (Å²) in [4.78, 5) is 0. The molecule has 0 saturated carbocycles. The van der Waals surface area contributed by atoms with Crippen molar-refractivity contribution in [1.82, 2.24) is 5.43 Å². The van der Waals surface area contributed by atoms with Crippen LogP contribution in [0.15, 0.2) is 42.5 Å². The lowest BCUT2D eigenvalue weighted by molar-refractivity contribution is -0.137. The quantitative estimate of drug-likeness (QED) is 0.456. The number of alkyl halides is 3. The van der Waals surface area contributed by atoms with Gasteiger partial charge in [-0.25, -0.2) is 5.43 Å². The average molecular weight is 406 g/mol. The van der Waals surface area contributed by atoms with Gasteiger partial charge in [0.15, 0.2) is 0 Å². The van der Waals surface area contributed by atoms with Crippen molar-refractivity contribution in [3.05, 3.63) is 68.3 Å². The Morgan fingerprint density at radius 3 is 2.24 bits per heavy atom. The summed E-state index contributed by atoms with van der Waals surface area (Å²) >= 11 is 2.21. The lowest BCUT2D eigenvalue weighted by Crippen LogP contribution is -2.29. The third kappa shape index (κ3) is 3.56. The molecule has 2 aromatic rings. The van der Waals surface area contributed by atoms with Crippen molar-refractivity contribution >= 4 is 22.6 Å². The van der Waals surface area contributed by atoms with Gasteiger partial charge in [-0.3, -0.25) is 5.84 Å². The van der Waals surface area contributed by atoms with Crippen LogP contribution in [0.2, 0.25) is 0 Å². The van der Waals surface area contributed by atoms with Crippen molar-refractivity contribution in [3.8, 4) is 0 Å². The highest BCUT2D eigenvalue weighted by Gasteiger charge is 2.30. The number of rotatable bonds is 3. The van der Waals surface area contributed by atoms with Crippen LogP contribution in [0.5, 0.6) is 0 Å². The van der Waals surface area contributed by atoms with Gasteiger partial charge in [-0.2, -0.15) is 13.2 Å². The van der Waals surface area contributed by atoms with Crippen molar-refractivity contribution in [3.63, 3.8) is 0 Å². The maximum Gasteiger partial charge on any atom is 0.416 e. The molecule has 0 radical (unpaired) electrons. The van der Waals surface area contributed by atoms with Gasteiger partial charge in [0, 0.05) is 3.57 Å². The van der Waals surface area contributed by atoms with Crippen molar-refractivity contribution in [2.45, 2.75) is 19.1 Å². The summed E-state index contributed by atoms with van der Waals surface area (Å²) < 4.78 is 38.8. The number of hydrogen-bond acceptors (Lipinski definition) is 2. The molecule has 0 bridgehead atoms. The van der Waals surface area contributed by atoms with E-state index in [0.29, 0.717) is 5.56 Å². The first-order valence-corrected chi connectivity index (χ1v) is 7.30.